The molecule has 0 spiro atoms. The monoisotopic (exact) mass is 418 g/mol. The van der Waals surface area contributed by atoms with Gasteiger partial charge >= 0.3 is 12.4 Å². The summed E-state index contributed by atoms with van der Waals surface area (Å²) in [5.41, 5.74) is -1.88. The van der Waals surface area contributed by atoms with Crippen molar-refractivity contribution in [3.63, 3.8) is 0 Å². The molecular weight excluding hydrogens is 402 g/mol. The second-order valence-electron chi connectivity index (χ2n) is 6.59. The second kappa shape index (κ2) is 7.88. The lowest BCUT2D eigenvalue weighted by atomic mass is 9.95. The maximum Gasteiger partial charge on any atom is 0.433 e. The van der Waals surface area contributed by atoms with Crippen molar-refractivity contribution in [1.29, 1.82) is 0 Å². The quantitative estimate of drug-likeness (QED) is 0.753. The highest BCUT2D eigenvalue weighted by molar-refractivity contribution is 5.92. The number of nitrogens with zero attached hydrogens (tertiary/aromatic N) is 3. The second-order valence-corrected chi connectivity index (χ2v) is 6.59. The van der Waals surface area contributed by atoms with E-state index >= 15 is 0 Å². The topological polar surface area (TPSA) is 58.1 Å². The molecule has 156 valence electrons. The predicted molar refractivity (Wildman–Crippen MR) is 92.0 cm³/mol. The highest BCUT2D eigenvalue weighted by atomic mass is 19.4. The summed E-state index contributed by atoms with van der Waals surface area (Å²) in [6.45, 7) is 0.573. The van der Waals surface area contributed by atoms with E-state index in [1.165, 1.54) is 12.1 Å². The summed E-state index contributed by atoms with van der Waals surface area (Å²) in [4.78, 5) is 21.1. The van der Waals surface area contributed by atoms with Gasteiger partial charge in [-0.15, -0.1) is 0 Å². The third-order valence-electron chi connectivity index (χ3n) is 4.59. The smallest absolute Gasteiger partial charge is 0.356 e. The molecule has 5 nitrogen and oxygen atoms in total. The summed E-state index contributed by atoms with van der Waals surface area (Å²) in [5.74, 6) is -0.781. The van der Waals surface area contributed by atoms with Crippen molar-refractivity contribution in [1.82, 2.24) is 9.97 Å². The van der Waals surface area contributed by atoms with Gasteiger partial charge in [-0.1, -0.05) is 6.07 Å². The number of aromatic nitrogens is 2. The van der Waals surface area contributed by atoms with Crippen molar-refractivity contribution in [3.8, 4) is 0 Å². The molecule has 1 saturated heterocycles. The van der Waals surface area contributed by atoms with Gasteiger partial charge in [0.15, 0.2) is 0 Å². The molecule has 29 heavy (non-hydrogen) atoms. The van der Waals surface area contributed by atoms with Gasteiger partial charge in [0.05, 0.1) is 5.56 Å². The first-order chi connectivity index (χ1) is 13.5. The Morgan fingerprint density at radius 3 is 2.31 bits per heavy atom. The standard InChI is InChI=1S/C18H16F6N4O/c19-17(20,21)12-2-1-3-13(8-12)27-16(29)11-4-6-28(7-5-11)15-9-14(18(22,23)24)25-10-26-15/h1-3,8-11H,4-7H2,(H,27,29). The van der Waals surface area contributed by atoms with E-state index < -0.39 is 35.4 Å². The van der Waals surface area contributed by atoms with Crippen molar-refractivity contribution in [2.75, 3.05) is 23.3 Å². The summed E-state index contributed by atoms with van der Waals surface area (Å²) in [6.07, 6.45) is -7.60. The number of carbonyl (C=O) groups excluding carboxylic acids is 1. The van der Waals surface area contributed by atoms with Gasteiger partial charge in [0.25, 0.3) is 0 Å². The third kappa shape index (κ3) is 5.15. The van der Waals surface area contributed by atoms with Crippen molar-refractivity contribution in [2.45, 2.75) is 25.2 Å². The van der Waals surface area contributed by atoms with Crippen LogP contribution in [0.4, 0.5) is 37.8 Å². The average molecular weight is 418 g/mol. The van der Waals surface area contributed by atoms with Crippen LogP contribution in [0.5, 0.6) is 0 Å². The van der Waals surface area contributed by atoms with Crippen molar-refractivity contribution >= 4 is 17.4 Å². The molecule has 0 radical (unpaired) electrons. The van der Waals surface area contributed by atoms with E-state index in [9.17, 15) is 31.1 Å². The van der Waals surface area contributed by atoms with Crippen LogP contribution < -0.4 is 10.2 Å². The molecule has 3 rings (SSSR count). The fraction of sp³-hybridized carbons (Fsp3) is 0.389. The first kappa shape index (κ1) is 20.9. The van der Waals surface area contributed by atoms with E-state index in [0.29, 0.717) is 12.8 Å². The lowest BCUT2D eigenvalue weighted by Gasteiger charge is -2.32. The number of hydrogen-bond donors (Lipinski definition) is 1. The summed E-state index contributed by atoms with van der Waals surface area (Å²) < 4.78 is 76.6. The highest BCUT2D eigenvalue weighted by Crippen LogP contribution is 2.32. The van der Waals surface area contributed by atoms with Crippen molar-refractivity contribution in [2.24, 2.45) is 5.92 Å². The molecule has 1 amide bonds. The van der Waals surface area contributed by atoms with Gasteiger partial charge in [0.1, 0.15) is 17.8 Å². The molecule has 0 bridgehead atoms. The Labute approximate surface area is 161 Å². The Morgan fingerprint density at radius 1 is 1.00 bits per heavy atom. The summed E-state index contributed by atoms with van der Waals surface area (Å²) in [5, 5.41) is 2.48. The number of nitrogens with one attached hydrogen (secondary N) is 1. The number of benzene rings is 1. The summed E-state index contributed by atoms with van der Waals surface area (Å²) in [7, 11) is 0. The minimum Gasteiger partial charge on any atom is -0.356 e. The van der Waals surface area contributed by atoms with Crippen LogP contribution in [0.15, 0.2) is 36.7 Å². The number of rotatable bonds is 3. The van der Waals surface area contributed by atoms with Crippen molar-refractivity contribution in [3.05, 3.63) is 47.9 Å². The van der Waals surface area contributed by atoms with E-state index in [0.717, 1.165) is 24.5 Å². The van der Waals surface area contributed by atoms with Crippen molar-refractivity contribution < 1.29 is 31.1 Å². The number of alkyl halides is 6. The molecule has 1 aromatic carbocycles. The van der Waals surface area contributed by atoms with Crippen LogP contribution >= 0.6 is 0 Å². The molecule has 0 atom stereocenters. The van der Waals surface area contributed by atoms with Gasteiger partial charge in [0.2, 0.25) is 5.91 Å². The van der Waals surface area contributed by atoms with Crippen LogP contribution in [0.2, 0.25) is 0 Å². The van der Waals surface area contributed by atoms with Crippen LogP contribution in [0.25, 0.3) is 0 Å². The van der Waals surface area contributed by atoms with Gasteiger partial charge in [-0.3, -0.25) is 4.79 Å². The molecule has 1 aromatic heterocycles. The minimum atomic E-state index is -4.58. The molecule has 1 aliphatic heterocycles. The Balaban J connectivity index is 1.60. The van der Waals surface area contributed by atoms with E-state index in [-0.39, 0.29) is 24.6 Å². The van der Waals surface area contributed by atoms with E-state index in [2.05, 4.69) is 15.3 Å². The number of anilines is 2. The maximum absolute atomic E-state index is 12.8. The van der Waals surface area contributed by atoms with Crippen LogP contribution in [0, 0.1) is 5.92 Å². The zero-order valence-electron chi connectivity index (χ0n) is 14.9. The fourth-order valence-electron chi connectivity index (χ4n) is 3.06. The Bertz CT molecular complexity index is 875. The third-order valence-corrected chi connectivity index (χ3v) is 4.59. The lowest BCUT2D eigenvalue weighted by Crippen LogP contribution is -2.38. The largest absolute Gasteiger partial charge is 0.433 e. The minimum absolute atomic E-state index is 0.0397. The molecule has 0 saturated carbocycles. The van der Waals surface area contributed by atoms with Crippen LogP contribution in [0.1, 0.15) is 24.1 Å². The predicted octanol–water partition coefficient (Wildman–Crippen LogP) is 4.37. The van der Waals surface area contributed by atoms with Gasteiger partial charge in [-0.05, 0) is 31.0 Å². The van der Waals surface area contributed by atoms with Crippen LogP contribution in [0.3, 0.4) is 0 Å². The fourth-order valence-corrected chi connectivity index (χ4v) is 3.06. The number of halogens is 6. The number of amides is 1. The molecule has 0 aliphatic carbocycles. The van der Waals surface area contributed by atoms with Crippen LogP contribution in [-0.2, 0) is 17.1 Å². The van der Waals surface area contributed by atoms with E-state index in [1.807, 2.05) is 0 Å². The average Bonchev–Trinajstić information content (AvgIpc) is 2.67. The Kier molecular flexibility index (Phi) is 5.67. The molecule has 2 aromatic rings. The zero-order valence-corrected chi connectivity index (χ0v) is 14.9. The zero-order chi connectivity index (χ0) is 21.2. The molecule has 0 unspecified atom stereocenters. The van der Waals surface area contributed by atoms with Gasteiger partial charge in [-0.25, -0.2) is 9.97 Å². The molecule has 1 aliphatic rings. The molecule has 1 fully saturated rings. The normalized spacial score (nSPS) is 16.0. The highest BCUT2D eigenvalue weighted by Gasteiger charge is 2.34. The SMILES string of the molecule is O=C(Nc1cccc(C(F)(F)F)c1)C1CCN(c2cc(C(F)(F)F)ncn2)CC1. The van der Waals surface area contributed by atoms with E-state index in [4.69, 9.17) is 0 Å². The number of piperidine rings is 1. The van der Waals surface area contributed by atoms with Gasteiger partial charge in [-0.2, -0.15) is 26.3 Å². The van der Waals surface area contributed by atoms with Crippen LogP contribution in [-0.4, -0.2) is 29.0 Å². The molecule has 1 N–H and O–H groups in total. The first-order valence-corrected chi connectivity index (χ1v) is 8.66. The van der Waals surface area contributed by atoms with E-state index in [1.54, 1.807) is 4.90 Å². The molecular formula is C18H16F6N4O. The lowest BCUT2D eigenvalue weighted by molar-refractivity contribution is -0.141. The molecule has 2 heterocycles. The summed E-state index contributed by atoms with van der Waals surface area (Å²) >= 11 is 0. The number of hydrogen-bond acceptors (Lipinski definition) is 4. The first-order valence-electron chi connectivity index (χ1n) is 8.66. The maximum atomic E-state index is 12.8. The molecule has 11 heteroatoms. The summed E-state index contributed by atoms with van der Waals surface area (Å²) in [6, 6.07) is 5.18. The Hall–Kier alpha value is -2.85. The van der Waals surface area contributed by atoms with Gasteiger partial charge < -0.3 is 10.2 Å². The Morgan fingerprint density at radius 2 is 1.69 bits per heavy atom. The van der Waals surface area contributed by atoms with Gasteiger partial charge in [0, 0.05) is 30.8 Å². The number of carbonyl (C=O) groups is 1.